The predicted octanol–water partition coefficient (Wildman–Crippen LogP) is 4.50. The Balaban J connectivity index is 4.38. The third kappa shape index (κ3) is 8.86. The zero-order chi connectivity index (χ0) is 18.3. The van der Waals surface area contributed by atoms with Gasteiger partial charge in [-0.05, 0) is 46.5 Å². The summed E-state index contributed by atoms with van der Waals surface area (Å²) in [7, 11) is 0. The fourth-order valence-electron chi connectivity index (χ4n) is 1.69. The third-order valence-corrected chi connectivity index (χ3v) is 4.10. The van der Waals surface area contributed by atoms with E-state index in [1.807, 2.05) is 34.6 Å². The van der Waals surface area contributed by atoms with Gasteiger partial charge in [-0.2, -0.15) is 0 Å². The molecule has 0 radical (unpaired) electrons. The lowest BCUT2D eigenvalue weighted by Gasteiger charge is -2.32. The van der Waals surface area contributed by atoms with Crippen molar-refractivity contribution < 1.29 is 27.8 Å². The van der Waals surface area contributed by atoms with Crippen molar-refractivity contribution in [2.75, 3.05) is 6.61 Å². The molecule has 0 amide bonds. The number of halogens is 2. The molecule has 1 unspecified atom stereocenters. The monoisotopic (exact) mass is 336 g/mol. The van der Waals surface area contributed by atoms with Crippen LogP contribution in [0.1, 0.15) is 73.6 Å². The first-order chi connectivity index (χ1) is 10.4. The van der Waals surface area contributed by atoms with Crippen molar-refractivity contribution in [3.05, 3.63) is 0 Å². The minimum Gasteiger partial charge on any atom is -0.459 e. The van der Waals surface area contributed by atoms with E-state index >= 15 is 0 Å². The number of hydrogen-bond acceptors (Lipinski definition) is 4. The summed E-state index contributed by atoms with van der Waals surface area (Å²) < 4.78 is 35.3. The first kappa shape index (κ1) is 21.8. The Labute approximate surface area is 137 Å². The Hall–Kier alpha value is -1.20. The lowest BCUT2D eigenvalue weighted by molar-refractivity contribution is -0.170. The molecular formula is C17H30F2O4. The van der Waals surface area contributed by atoms with E-state index in [9.17, 15) is 18.4 Å². The molecule has 1 atom stereocenters. The number of hydrogen-bond donors (Lipinski definition) is 0. The third-order valence-electron chi connectivity index (χ3n) is 4.10. The van der Waals surface area contributed by atoms with E-state index in [0.717, 1.165) is 0 Å². The lowest BCUT2D eigenvalue weighted by atomic mass is 9.89. The minimum absolute atomic E-state index is 0.0282. The predicted molar refractivity (Wildman–Crippen MR) is 84.3 cm³/mol. The summed E-state index contributed by atoms with van der Waals surface area (Å²) in [6.07, 6.45) is 2.20. The highest BCUT2D eigenvalue weighted by atomic mass is 19.3. The van der Waals surface area contributed by atoms with Gasteiger partial charge in [0.2, 0.25) is 0 Å². The fourth-order valence-corrected chi connectivity index (χ4v) is 1.69. The molecule has 136 valence electrons. The van der Waals surface area contributed by atoms with Gasteiger partial charge in [0.05, 0.1) is 5.41 Å². The van der Waals surface area contributed by atoms with Crippen molar-refractivity contribution in [2.24, 2.45) is 5.41 Å². The van der Waals surface area contributed by atoms with E-state index < -0.39 is 29.5 Å². The van der Waals surface area contributed by atoms with Crippen molar-refractivity contribution in [3.8, 4) is 0 Å². The van der Waals surface area contributed by atoms with Crippen molar-refractivity contribution in [1.82, 2.24) is 0 Å². The molecule has 0 aliphatic carbocycles. The van der Waals surface area contributed by atoms with Crippen LogP contribution < -0.4 is 0 Å². The Kier molecular flexibility index (Phi) is 8.15. The number of carbonyl (C=O) groups excluding carboxylic acids is 2. The Morgan fingerprint density at radius 1 is 1.00 bits per heavy atom. The molecule has 0 aliphatic heterocycles. The molecule has 0 rings (SSSR count). The van der Waals surface area contributed by atoms with Crippen LogP contribution in [0.2, 0.25) is 0 Å². The second kappa shape index (κ2) is 8.60. The Morgan fingerprint density at radius 2 is 1.57 bits per heavy atom. The lowest BCUT2D eigenvalue weighted by Crippen LogP contribution is -2.37. The number of esters is 2. The maximum atomic E-state index is 12.6. The van der Waals surface area contributed by atoms with Crippen LogP contribution in [-0.4, -0.2) is 30.1 Å². The highest BCUT2D eigenvalue weighted by Gasteiger charge is 2.34. The summed E-state index contributed by atoms with van der Waals surface area (Å²) in [5.41, 5.74) is -1.22. The second-order valence-corrected chi connectivity index (χ2v) is 7.01. The molecule has 0 aromatic heterocycles. The van der Waals surface area contributed by atoms with Gasteiger partial charge in [-0.15, -0.1) is 0 Å². The summed E-state index contributed by atoms with van der Waals surface area (Å²) in [5.74, 6) is -3.95. The van der Waals surface area contributed by atoms with Crippen molar-refractivity contribution in [1.29, 1.82) is 0 Å². The molecule has 0 saturated heterocycles. The summed E-state index contributed by atoms with van der Waals surface area (Å²) >= 11 is 0. The van der Waals surface area contributed by atoms with Gasteiger partial charge in [0, 0.05) is 13.3 Å². The van der Waals surface area contributed by atoms with Gasteiger partial charge in [0.25, 0.3) is 5.92 Å². The molecule has 0 aromatic rings. The molecule has 0 aromatic carbocycles. The maximum absolute atomic E-state index is 12.6. The van der Waals surface area contributed by atoms with Gasteiger partial charge >= 0.3 is 11.9 Å². The standard InChI is InChI=1S/C17H30F2O4/c1-7-15(3,4)14(21)23-16(5,8-2)11-9-10-13(20)22-12-17(6,18)19/h7-12H2,1-6H3. The highest BCUT2D eigenvalue weighted by Crippen LogP contribution is 2.29. The van der Waals surface area contributed by atoms with E-state index in [0.29, 0.717) is 32.6 Å². The van der Waals surface area contributed by atoms with Crippen LogP contribution in [0.4, 0.5) is 8.78 Å². The SMILES string of the molecule is CCC(C)(CCCC(=O)OCC(C)(F)F)OC(=O)C(C)(C)CC. The van der Waals surface area contributed by atoms with E-state index in [-0.39, 0.29) is 12.4 Å². The zero-order valence-electron chi connectivity index (χ0n) is 15.1. The fraction of sp³-hybridized carbons (Fsp3) is 0.882. The van der Waals surface area contributed by atoms with Crippen LogP contribution >= 0.6 is 0 Å². The average molecular weight is 336 g/mol. The number of alkyl halides is 2. The largest absolute Gasteiger partial charge is 0.459 e. The molecule has 0 saturated carbocycles. The molecular weight excluding hydrogens is 306 g/mol. The molecule has 23 heavy (non-hydrogen) atoms. The number of rotatable bonds is 10. The van der Waals surface area contributed by atoms with Crippen LogP contribution in [0.15, 0.2) is 0 Å². The van der Waals surface area contributed by atoms with Gasteiger partial charge in [-0.1, -0.05) is 13.8 Å². The molecule has 0 spiro atoms. The van der Waals surface area contributed by atoms with Crippen molar-refractivity contribution >= 4 is 11.9 Å². The van der Waals surface area contributed by atoms with Crippen LogP contribution in [-0.2, 0) is 19.1 Å². The maximum Gasteiger partial charge on any atom is 0.312 e. The molecule has 0 heterocycles. The average Bonchev–Trinajstić information content (AvgIpc) is 2.44. The topological polar surface area (TPSA) is 52.6 Å². The van der Waals surface area contributed by atoms with Crippen LogP contribution in [0.25, 0.3) is 0 Å². The van der Waals surface area contributed by atoms with Crippen LogP contribution in [0.5, 0.6) is 0 Å². The smallest absolute Gasteiger partial charge is 0.312 e. The summed E-state index contributed by atoms with van der Waals surface area (Å²) in [5, 5.41) is 0. The van der Waals surface area contributed by atoms with E-state index in [4.69, 9.17) is 4.74 Å². The van der Waals surface area contributed by atoms with Gasteiger partial charge in [-0.25, -0.2) is 8.78 Å². The molecule has 4 nitrogen and oxygen atoms in total. The van der Waals surface area contributed by atoms with Gasteiger partial charge in [0.1, 0.15) is 5.60 Å². The number of ether oxygens (including phenoxy) is 2. The van der Waals surface area contributed by atoms with Gasteiger partial charge in [0.15, 0.2) is 6.61 Å². The summed E-state index contributed by atoms with van der Waals surface area (Å²) in [6.45, 7) is 9.09. The Bertz CT molecular complexity index is 402. The summed E-state index contributed by atoms with van der Waals surface area (Å²) in [6, 6.07) is 0. The quantitative estimate of drug-likeness (QED) is 0.551. The summed E-state index contributed by atoms with van der Waals surface area (Å²) in [4.78, 5) is 23.6. The van der Waals surface area contributed by atoms with Crippen LogP contribution in [0.3, 0.4) is 0 Å². The van der Waals surface area contributed by atoms with Crippen molar-refractivity contribution in [2.45, 2.75) is 85.2 Å². The second-order valence-electron chi connectivity index (χ2n) is 7.01. The van der Waals surface area contributed by atoms with E-state index in [1.54, 1.807) is 0 Å². The van der Waals surface area contributed by atoms with E-state index in [2.05, 4.69) is 4.74 Å². The molecule has 6 heteroatoms. The van der Waals surface area contributed by atoms with Gasteiger partial charge in [-0.3, -0.25) is 9.59 Å². The van der Waals surface area contributed by atoms with Crippen molar-refractivity contribution in [3.63, 3.8) is 0 Å². The number of carbonyl (C=O) groups is 2. The van der Waals surface area contributed by atoms with Crippen LogP contribution in [0, 0.1) is 5.41 Å². The molecule has 0 fully saturated rings. The molecule has 0 aliphatic rings. The highest BCUT2D eigenvalue weighted by molar-refractivity contribution is 5.76. The zero-order valence-corrected chi connectivity index (χ0v) is 15.1. The molecule has 0 N–H and O–H groups in total. The first-order valence-electron chi connectivity index (χ1n) is 8.12. The molecule has 0 bridgehead atoms. The minimum atomic E-state index is -3.02. The first-order valence-corrected chi connectivity index (χ1v) is 8.12. The van der Waals surface area contributed by atoms with Gasteiger partial charge < -0.3 is 9.47 Å². The normalized spacial score (nSPS) is 15.0. The van der Waals surface area contributed by atoms with E-state index in [1.165, 1.54) is 0 Å². The Morgan fingerprint density at radius 3 is 2.00 bits per heavy atom.